The quantitative estimate of drug-likeness (QED) is 0.470. The van der Waals surface area contributed by atoms with E-state index in [0.717, 1.165) is 28.6 Å². The van der Waals surface area contributed by atoms with Crippen molar-refractivity contribution in [1.29, 1.82) is 0 Å². The molecular weight excluding hydrogens is 433 g/mol. The lowest BCUT2D eigenvalue weighted by Gasteiger charge is -2.43. The van der Waals surface area contributed by atoms with Gasteiger partial charge in [0.1, 0.15) is 23.1 Å². The SMILES string of the molecule is CC1Cc2c([nH]c3ccc(O)cc23)C(c2c(F)cc(CCC(=O)O)cc2F)N1CC(C)(C)F. The molecule has 0 spiro atoms. The van der Waals surface area contributed by atoms with Crippen LogP contribution in [0.25, 0.3) is 10.9 Å². The number of aromatic amines is 1. The second-order valence-electron chi connectivity index (χ2n) is 9.46. The van der Waals surface area contributed by atoms with Gasteiger partial charge in [0.05, 0.1) is 6.04 Å². The van der Waals surface area contributed by atoms with E-state index in [1.165, 1.54) is 19.9 Å². The van der Waals surface area contributed by atoms with E-state index >= 15 is 8.78 Å². The van der Waals surface area contributed by atoms with Crippen LogP contribution in [0.3, 0.4) is 0 Å². The summed E-state index contributed by atoms with van der Waals surface area (Å²) in [6.45, 7) is 4.70. The van der Waals surface area contributed by atoms with Crippen LogP contribution in [0.5, 0.6) is 5.75 Å². The maximum absolute atomic E-state index is 15.4. The molecule has 3 aromatic rings. The summed E-state index contributed by atoms with van der Waals surface area (Å²) < 4.78 is 45.6. The number of phenols is 1. The van der Waals surface area contributed by atoms with Gasteiger partial charge in [-0.15, -0.1) is 0 Å². The molecule has 2 atom stereocenters. The standard InChI is InChI=1S/C25H27F3N2O3/c1-13-8-17-16-11-15(31)5-6-20(16)29-23(17)24(30(13)12-25(2,3)28)22-18(26)9-14(10-19(22)27)4-7-21(32)33/h5-6,9-11,13,24,29,31H,4,7-8,12H2,1-3H3,(H,32,33). The van der Waals surface area contributed by atoms with Crippen LogP contribution >= 0.6 is 0 Å². The van der Waals surface area contributed by atoms with Crippen molar-refractivity contribution in [2.24, 2.45) is 0 Å². The Kier molecular flexibility index (Phi) is 5.90. The molecule has 0 saturated carbocycles. The van der Waals surface area contributed by atoms with Crippen molar-refractivity contribution in [2.45, 2.75) is 57.8 Å². The second-order valence-corrected chi connectivity index (χ2v) is 9.46. The number of aryl methyl sites for hydroxylation is 1. The summed E-state index contributed by atoms with van der Waals surface area (Å²) in [4.78, 5) is 15.9. The van der Waals surface area contributed by atoms with E-state index in [1.807, 2.05) is 6.92 Å². The summed E-state index contributed by atoms with van der Waals surface area (Å²) in [7, 11) is 0. The third-order valence-corrected chi connectivity index (χ3v) is 6.19. The highest BCUT2D eigenvalue weighted by Gasteiger charge is 2.41. The zero-order valence-corrected chi connectivity index (χ0v) is 18.8. The molecule has 0 bridgehead atoms. The number of hydrogen-bond donors (Lipinski definition) is 3. The molecule has 2 heterocycles. The van der Waals surface area contributed by atoms with Crippen molar-refractivity contribution in [1.82, 2.24) is 9.88 Å². The van der Waals surface area contributed by atoms with E-state index in [1.54, 1.807) is 17.0 Å². The molecule has 1 aliphatic heterocycles. The average Bonchev–Trinajstić information content (AvgIpc) is 3.04. The van der Waals surface area contributed by atoms with E-state index in [-0.39, 0.29) is 42.3 Å². The summed E-state index contributed by atoms with van der Waals surface area (Å²) in [5.74, 6) is -2.57. The van der Waals surface area contributed by atoms with E-state index in [4.69, 9.17) is 5.11 Å². The van der Waals surface area contributed by atoms with Crippen LogP contribution in [-0.2, 0) is 17.6 Å². The highest BCUT2D eigenvalue weighted by Crippen LogP contribution is 2.43. The number of aliphatic carboxylic acids is 1. The number of nitrogens with zero attached hydrogens (tertiary/aromatic N) is 1. The largest absolute Gasteiger partial charge is 0.508 e. The highest BCUT2D eigenvalue weighted by atomic mass is 19.1. The molecule has 176 valence electrons. The molecule has 0 radical (unpaired) electrons. The number of hydrogen-bond acceptors (Lipinski definition) is 3. The van der Waals surface area contributed by atoms with Crippen LogP contribution in [-0.4, -0.2) is 44.3 Å². The lowest BCUT2D eigenvalue weighted by molar-refractivity contribution is -0.136. The summed E-state index contributed by atoms with van der Waals surface area (Å²) in [6.07, 6.45) is 0.282. The molecule has 0 aliphatic carbocycles. The summed E-state index contributed by atoms with van der Waals surface area (Å²) >= 11 is 0. The van der Waals surface area contributed by atoms with Gasteiger partial charge in [0, 0.05) is 41.2 Å². The van der Waals surface area contributed by atoms with E-state index in [0.29, 0.717) is 12.1 Å². The van der Waals surface area contributed by atoms with Crippen molar-refractivity contribution in [2.75, 3.05) is 6.54 Å². The topological polar surface area (TPSA) is 76.6 Å². The monoisotopic (exact) mass is 460 g/mol. The number of phenolic OH excluding ortho intramolecular Hbond substituents is 1. The molecule has 1 aromatic heterocycles. The first kappa shape index (κ1) is 23.2. The van der Waals surface area contributed by atoms with Crippen molar-refractivity contribution in [3.63, 3.8) is 0 Å². The Balaban J connectivity index is 1.89. The summed E-state index contributed by atoms with van der Waals surface area (Å²) in [5, 5.41) is 19.6. The minimum absolute atomic E-state index is 0.00264. The number of alkyl halides is 1. The molecule has 4 rings (SSSR count). The molecule has 2 aromatic carbocycles. The molecule has 0 fully saturated rings. The minimum Gasteiger partial charge on any atom is -0.508 e. The second kappa shape index (κ2) is 8.41. The molecule has 33 heavy (non-hydrogen) atoms. The molecule has 8 heteroatoms. The van der Waals surface area contributed by atoms with Crippen molar-refractivity contribution in [3.8, 4) is 5.75 Å². The molecule has 3 N–H and O–H groups in total. The van der Waals surface area contributed by atoms with Gasteiger partial charge in [0.2, 0.25) is 0 Å². The van der Waals surface area contributed by atoms with Gasteiger partial charge in [0.25, 0.3) is 0 Å². The Hall–Kier alpha value is -3.00. The summed E-state index contributed by atoms with van der Waals surface area (Å²) in [5.41, 5.74) is 0.549. The zero-order chi connectivity index (χ0) is 24.1. The number of halogens is 3. The van der Waals surface area contributed by atoms with Gasteiger partial charge in [-0.1, -0.05) is 0 Å². The van der Waals surface area contributed by atoms with Gasteiger partial charge in [-0.25, -0.2) is 13.2 Å². The van der Waals surface area contributed by atoms with Crippen LogP contribution in [0.4, 0.5) is 13.2 Å². The first-order chi connectivity index (χ1) is 15.4. The third kappa shape index (κ3) is 4.57. The number of nitrogens with one attached hydrogen (secondary N) is 1. The Bertz CT molecular complexity index is 1190. The first-order valence-corrected chi connectivity index (χ1v) is 10.9. The fourth-order valence-electron chi connectivity index (χ4n) is 4.83. The minimum atomic E-state index is -1.61. The molecule has 5 nitrogen and oxygen atoms in total. The lowest BCUT2D eigenvalue weighted by Crippen LogP contribution is -2.48. The van der Waals surface area contributed by atoms with Gasteiger partial charge in [-0.05, 0) is 75.1 Å². The predicted molar refractivity (Wildman–Crippen MR) is 119 cm³/mol. The zero-order valence-electron chi connectivity index (χ0n) is 18.8. The van der Waals surface area contributed by atoms with Crippen molar-refractivity contribution >= 4 is 16.9 Å². The van der Waals surface area contributed by atoms with Gasteiger partial charge in [0.15, 0.2) is 0 Å². The van der Waals surface area contributed by atoms with Crippen LogP contribution in [0.15, 0.2) is 30.3 Å². The molecule has 1 aliphatic rings. The molecular formula is C25H27F3N2O3. The maximum Gasteiger partial charge on any atom is 0.303 e. The fraction of sp³-hybridized carbons (Fsp3) is 0.400. The smallest absolute Gasteiger partial charge is 0.303 e. The number of carboxylic acid groups (broad SMARTS) is 1. The van der Waals surface area contributed by atoms with Gasteiger partial charge < -0.3 is 15.2 Å². The molecule has 0 amide bonds. The predicted octanol–water partition coefficient (Wildman–Crippen LogP) is 5.25. The van der Waals surface area contributed by atoms with E-state index in [9.17, 15) is 14.3 Å². The Morgan fingerprint density at radius 3 is 2.48 bits per heavy atom. The van der Waals surface area contributed by atoms with Gasteiger partial charge in [-0.2, -0.15) is 0 Å². The number of aromatic nitrogens is 1. The number of carbonyl (C=O) groups is 1. The van der Waals surface area contributed by atoms with Crippen LogP contribution in [0.1, 0.15) is 55.6 Å². The normalized spacial score (nSPS) is 19.1. The fourth-order valence-corrected chi connectivity index (χ4v) is 4.83. The molecule has 2 unspecified atom stereocenters. The summed E-state index contributed by atoms with van der Waals surface area (Å²) in [6, 6.07) is 6.03. The highest BCUT2D eigenvalue weighted by molar-refractivity contribution is 5.86. The van der Waals surface area contributed by atoms with E-state index in [2.05, 4.69) is 4.98 Å². The Morgan fingerprint density at radius 1 is 1.21 bits per heavy atom. The van der Waals surface area contributed by atoms with Crippen molar-refractivity contribution in [3.05, 3.63) is 64.4 Å². The van der Waals surface area contributed by atoms with Crippen LogP contribution < -0.4 is 0 Å². The Morgan fingerprint density at radius 2 is 1.88 bits per heavy atom. The lowest BCUT2D eigenvalue weighted by atomic mass is 9.86. The van der Waals surface area contributed by atoms with Crippen LogP contribution in [0.2, 0.25) is 0 Å². The third-order valence-electron chi connectivity index (χ3n) is 6.19. The number of benzene rings is 2. The Labute approximate surface area is 189 Å². The van der Waals surface area contributed by atoms with Gasteiger partial charge in [-0.3, -0.25) is 9.69 Å². The van der Waals surface area contributed by atoms with E-state index < -0.39 is 29.3 Å². The molecule has 0 saturated heterocycles. The average molecular weight is 460 g/mol. The first-order valence-electron chi connectivity index (χ1n) is 10.9. The number of fused-ring (bicyclic) bond motifs is 3. The van der Waals surface area contributed by atoms with Crippen LogP contribution in [0, 0.1) is 11.6 Å². The number of aromatic hydroxyl groups is 1. The maximum atomic E-state index is 15.4. The van der Waals surface area contributed by atoms with Gasteiger partial charge >= 0.3 is 5.97 Å². The number of carboxylic acids is 1. The number of rotatable bonds is 6. The number of H-pyrrole nitrogens is 1. The van der Waals surface area contributed by atoms with Crippen molar-refractivity contribution < 1.29 is 28.2 Å².